The van der Waals surface area contributed by atoms with Gasteiger partial charge < -0.3 is 4.18 Å². The van der Waals surface area contributed by atoms with E-state index in [1.54, 1.807) is 0 Å². The molecule has 0 bridgehead atoms. The summed E-state index contributed by atoms with van der Waals surface area (Å²) in [6, 6.07) is 0. The summed E-state index contributed by atoms with van der Waals surface area (Å²) < 4.78 is 4.49. The van der Waals surface area contributed by atoms with Crippen LogP contribution >= 0.6 is 12.0 Å². The van der Waals surface area contributed by atoms with Crippen molar-refractivity contribution in [2.24, 2.45) is 0 Å². The lowest BCUT2D eigenvalue weighted by atomic mass is 10.7. The first-order chi connectivity index (χ1) is 3.39. The molecule has 1 N–H and O–H groups in total. The fourth-order valence-electron chi connectivity index (χ4n) is 0.319. The highest BCUT2D eigenvalue weighted by atomic mass is 32.2. The zero-order chi connectivity index (χ0) is 5.11. The second-order valence-electron chi connectivity index (χ2n) is 1.14. The summed E-state index contributed by atoms with van der Waals surface area (Å²) in [5.74, 6) is 0.530. The van der Waals surface area contributed by atoms with Crippen LogP contribution in [0.1, 0.15) is 0 Å². The molecular formula is C3H5NO2S. The molecule has 1 saturated heterocycles. The van der Waals surface area contributed by atoms with Crippen LogP contribution in [0.3, 0.4) is 0 Å². The number of rotatable bonds is 0. The van der Waals surface area contributed by atoms with Crippen molar-refractivity contribution in [2.75, 3.05) is 12.4 Å². The molecule has 0 radical (unpaired) electrons. The highest BCUT2D eigenvalue weighted by molar-refractivity contribution is 7.95. The predicted octanol–water partition coefficient (Wildman–Crippen LogP) is -0.261. The molecule has 0 atom stereocenters. The van der Waals surface area contributed by atoms with E-state index in [-0.39, 0.29) is 5.97 Å². The zero-order valence-electron chi connectivity index (χ0n) is 3.64. The normalized spacial score (nSPS) is 21.4. The number of hydrogen-bond donors (Lipinski definition) is 1. The fourth-order valence-corrected chi connectivity index (χ4v) is 0.754. The molecule has 7 heavy (non-hydrogen) atoms. The molecular weight excluding hydrogens is 114 g/mol. The van der Waals surface area contributed by atoms with Gasteiger partial charge in [-0.05, 0) is 0 Å². The molecule has 0 aromatic rings. The summed E-state index contributed by atoms with van der Waals surface area (Å²) in [7, 11) is 0. The molecule has 1 aliphatic rings. The van der Waals surface area contributed by atoms with Gasteiger partial charge in [0.2, 0.25) is 0 Å². The van der Waals surface area contributed by atoms with E-state index in [2.05, 4.69) is 9.50 Å². The quantitative estimate of drug-likeness (QED) is 0.446. The molecule has 0 aromatic heterocycles. The summed E-state index contributed by atoms with van der Waals surface area (Å²) in [6.45, 7) is 0.354. The summed E-state index contributed by atoms with van der Waals surface area (Å²) in [5.41, 5.74) is 0. The van der Waals surface area contributed by atoms with E-state index >= 15 is 0 Å². The summed E-state index contributed by atoms with van der Waals surface area (Å²) in [4.78, 5) is 10.2. The average Bonchev–Trinajstić information content (AvgIpc) is 1.69. The van der Waals surface area contributed by atoms with Crippen molar-refractivity contribution in [3.8, 4) is 0 Å². The maximum absolute atomic E-state index is 10.2. The Morgan fingerprint density at radius 2 is 2.71 bits per heavy atom. The summed E-state index contributed by atoms with van der Waals surface area (Å²) in [5, 5.41) is 2.82. The molecule has 0 unspecified atom stereocenters. The third kappa shape index (κ3) is 1.36. The van der Waals surface area contributed by atoms with E-state index in [1.165, 1.54) is 0 Å². The number of carbonyl (C=O) groups excluding carboxylic acids is 1. The molecule has 0 spiro atoms. The first kappa shape index (κ1) is 4.93. The van der Waals surface area contributed by atoms with Crippen LogP contribution in [0.4, 0.5) is 0 Å². The summed E-state index contributed by atoms with van der Waals surface area (Å²) >= 11 is 1.14. The van der Waals surface area contributed by atoms with Crippen molar-refractivity contribution in [3.63, 3.8) is 0 Å². The molecule has 40 valence electrons. The lowest BCUT2D eigenvalue weighted by molar-refractivity contribution is -0.132. The van der Waals surface area contributed by atoms with Gasteiger partial charge in [0.25, 0.3) is 0 Å². The maximum atomic E-state index is 10.2. The minimum Gasteiger partial charge on any atom is -0.389 e. The van der Waals surface area contributed by atoms with Crippen LogP contribution < -0.4 is 5.32 Å². The fraction of sp³-hybridized carbons (Fsp3) is 0.667. The second-order valence-corrected chi connectivity index (χ2v) is 1.84. The van der Waals surface area contributed by atoms with Gasteiger partial charge in [-0.1, -0.05) is 0 Å². The Bertz CT molecular complexity index is 77.0. The van der Waals surface area contributed by atoms with Crippen molar-refractivity contribution in [3.05, 3.63) is 0 Å². The van der Waals surface area contributed by atoms with Gasteiger partial charge in [0.05, 0.1) is 24.5 Å². The minimum atomic E-state index is -0.184. The maximum Gasteiger partial charge on any atom is 0.332 e. The van der Waals surface area contributed by atoms with Crippen molar-refractivity contribution in [2.45, 2.75) is 0 Å². The molecule has 3 nitrogen and oxygen atoms in total. The molecule has 0 aliphatic carbocycles. The van der Waals surface area contributed by atoms with Crippen molar-refractivity contribution >= 4 is 18.0 Å². The molecule has 4 heteroatoms. The molecule has 0 saturated carbocycles. The van der Waals surface area contributed by atoms with Gasteiger partial charge in [0.15, 0.2) is 0 Å². The monoisotopic (exact) mass is 119 g/mol. The predicted molar refractivity (Wildman–Crippen MR) is 26.6 cm³/mol. The number of carbonyl (C=O) groups is 1. The van der Waals surface area contributed by atoms with E-state index < -0.39 is 0 Å². The topological polar surface area (TPSA) is 38.3 Å². The van der Waals surface area contributed by atoms with Crippen molar-refractivity contribution in [1.82, 2.24) is 5.32 Å². The largest absolute Gasteiger partial charge is 0.389 e. The van der Waals surface area contributed by atoms with E-state index in [4.69, 9.17) is 0 Å². The standard InChI is InChI=1S/C3H5NO2S/c5-3-1-4-2-7-6-3/h4H,1-2H2. The molecule has 0 aromatic carbocycles. The van der Waals surface area contributed by atoms with Crippen LogP contribution in [-0.4, -0.2) is 18.4 Å². The molecule has 1 rings (SSSR count). The average molecular weight is 119 g/mol. The Balaban J connectivity index is 2.25. The van der Waals surface area contributed by atoms with E-state index in [9.17, 15) is 4.79 Å². The Hall–Kier alpha value is -0.220. The van der Waals surface area contributed by atoms with Gasteiger partial charge in [0.1, 0.15) is 0 Å². The van der Waals surface area contributed by atoms with Crippen LogP contribution in [0.15, 0.2) is 0 Å². The van der Waals surface area contributed by atoms with Crippen LogP contribution in [-0.2, 0) is 8.98 Å². The SMILES string of the molecule is O=C1CNCSO1. The van der Waals surface area contributed by atoms with E-state index in [0.717, 1.165) is 12.0 Å². The molecule has 1 aliphatic heterocycles. The number of nitrogens with one attached hydrogen (secondary N) is 1. The van der Waals surface area contributed by atoms with Gasteiger partial charge in [-0.15, -0.1) is 0 Å². The van der Waals surface area contributed by atoms with Crippen LogP contribution in [0.5, 0.6) is 0 Å². The zero-order valence-corrected chi connectivity index (χ0v) is 4.46. The van der Waals surface area contributed by atoms with Gasteiger partial charge in [0, 0.05) is 0 Å². The first-order valence-corrected chi connectivity index (χ1v) is 2.83. The van der Waals surface area contributed by atoms with Gasteiger partial charge in [-0.25, -0.2) is 4.79 Å². The van der Waals surface area contributed by atoms with Crippen molar-refractivity contribution in [1.29, 1.82) is 0 Å². The lowest BCUT2D eigenvalue weighted by Crippen LogP contribution is -2.28. The highest BCUT2D eigenvalue weighted by Gasteiger charge is 2.07. The third-order valence-electron chi connectivity index (χ3n) is 0.582. The smallest absolute Gasteiger partial charge is 0.332 e. The Morgan fingerprint density at radius 3 is 3.00 bits per heavy atom. The molecule has 1 heterocycles. The molecule has 0 amide bonds. The third-order valence-corrected chi connectivity index (χ3v) is 1.21. The minimum absolute atomic E-state index is 0.184. The molecule has 1 fully saturated rings. The highest BCUT2D eigenvalue weighted by Crippen LogP contribution is 2.02. The Kier molecular flexibility index (Phi) is 1.54. The first-order valence-electron chi connectivity index (χ1n) is 1.92. The van der Waals surface area contributed by atoms with Crippen LogP contribution in [0.2, 0.25) is 0 Å². The Morgan fingerprint density at radius 1 is 1.86 bits per heavy atom. The number of hydrogen-bond acceptors (Lipinski definition) is 4. The van der Waals surface area contributed by atoms with Gasteiger partial charge in [-0.3, -0.25) is 5.32 Å². The van der Waals surface area contributed by atoms with Gasteiger partial charge >= 0.3 is 5.97 Å². The lowest BCUT2D eigenvalue weighted by Gasteiger charge is -2.08. The van der Waals surface area contributed by atoms with Crippen LogP contribution in [0, 0.1) is 0 Å². The van der Waals surface area contributed by atoms with Crippen molar-refractivity contribution < 1.29 is 8.98 Å². The van der Waals surface area contributed by atoms with E-state index in [0.29, 0.717) is 12.4 Å². The Labute approximate surface area is 45.6 Å². The summed E-state index contributed by atoms with van der Waals surface area (Å²) in [6.07, 6.45) is 0. The van der Waals surface area contributed by atoms with E-state index in [1.807, 2.05) is 0 Å². The van der Waals surface area contributed by atoms with Gasteiger partial charge in [-0.2, -0.15) is 0 Å². The second kappa shape index (κ2) is 2.18. The van der Waals surface area contributed by atoms with Crippen LogP contribution in [0.25, 0.3) is 0 Å².